The second kappa shape index (κ2) is 7.03. The van der Waals surface area contributed by atoms with Crippen molar-refractivity contribution in [1.29, 1.82) is 0 Å². The van der Waals surface area contributed by atoms with Gasteiger partial charge in [0.05, 0.1) is 19.1 Å². The van der Waals surface area contributed by atoms with E-state index in [-0.39, 0.29) is 24.5 Å². The highest BCUT2D eigenvalue weighted by atomic mass is 16.6. The van der Waals surface area contributed by atoms with Crippen LogP contribution in [0.1, 0.15) is 38.7 Å². The third-order valence-electron chi connectivity index (χ3n) is 4.21. The molecule has 1 unspecified atom stereocenters. The number of rotatable bonds is 4. The lowest BCUT2D eigenvalue weighted by Crippen LogP contribution is -2.46. The van der Waals surface area contributed by atoms with E-state index in [4.69, 9.17) is 9.47 Å². The lowest BCUT2D eigenvalue weighted by molar-refractivity contribution is -0.145. The Hall–Kier alpha value is -2.37. The molecule has 0 N–H and O–H groups in total. The molecule has 1 aliphatic heterocycles. The molecule has 6 heteroatoms. The number of carbonyl (C=O) groups excluding carboxylic acids is 3. The molecule has 0 bridgehead atoms. The van der Waals surface area contributed by atoms with Crippen molar-refractivity contribution in [2.24, 2.45) is 5.41 Å². The van der Waals surface area contributed by atoms with E-state index in [9.17, 15) is 14.4 Å². The second-order valence-electron chi connectivity index (χ2n) is 6.91. The Morgan fingerprint density at radius 1 is 1.29 bits per heavy atom. The Kier molecular flexibility index (Phi) is 5.26. The van der Waals surface area contributed by atoms with Crippen molar-refractivity contribution in [1.82, 2.24) is 4.90 Å². The summed E-state index contributed by atoms with van der Waals surface area (Å²) in [5, 5.41) is 0. The van der Waals surface area contributed by atoms with Crippen molar-refractivity contribution < 1.29 is 23.9 Å². The quantitative estimate of drug-likeness (QED) is 0.792. The smallest absolute Gasteiger partial charge is 0.416 e. The average Bonchev–Trinajstić information content (AvgIpc) is 2.94. The minimum absolute atomic E-state index is 0.141. The van der Waals surface area contributed by atoms with Crippen LogP contribution in [-0.4, -0.2) is 42.6 Å². The molecule has 0 aliphatic carbocycles. The number of benzene rings is 1. The van der Waals surface area contributed by atoms with Gasteiger partial charge in [-0.1, -0.05) is 51.1 Å². The van der Waals surface area contributed by atoms with Crippen molar-refractivity contribution >= 4 is 18.0 Å². The molecule has 0 radical (unpaired) electrons. The number of ether oxygens (including phenoxy) is 2. The number of esters is 1. The van der Waals surface area contributed by atoms with Crippen LogP contribution in [-0.2, 0) is 19.1 Å². The van der Waals surface area contributed by atoms with Gasteiger partial charge in [0.1, 0.15) is 6.61 Å². The molecule has 24 heavy (non-hydrogen) atoms. The largest absolute Gasteiger partial charge is 0.469 e. The molecule has 1 aliphatic rings. The Labute approximate surface area is 141 Å². The van der Waals surface area contributed by atoms with Crippen LogP contribution in [0.2, 0.25) is 0 Å². The molecule has 1 aromatic rings. The molecule has 2 rings (SSSR count). The van der Waals surface area contributed by atoms with Gasteiger partial charge in [0.2, 0.25) is 5.91 Å². The number of carbonyl (C=O) groups is 3. The van der Waals surface area contributed by atoms with Gasteiger partial charge < -0.3 is 9.47 Å². The molecule has 2 atom stereocenters. The van der Waals surface area contributed by atoms with Gasteiger partial charge in [-0.25, -0.2) is 9.69 Å². The van der Waals surface area contributed by atoms with Crippen LogP contribution in [0.25, 0.3) is 0 Å². The van der Waals surface area contributed by atoms with Crippen molar-refractivity contribution in [3.05, 3.63) is 35.9 Å². The third-order valence-corrected chi connectivity index (χ3v) is 4.21. The zero-order chi connectivity index (χ0) is 17.9. The van der Waals surface area contributed by atoms with Gasteiger partial charge in [0.25, 0.3) is 0 Å². The average molecular weight is 333 g/mol. The van der Waals surface area contributed by atoms with Crippen LogP contribution in [0.3, 0.4) is 0 Å². The number of hydrogen-bond acceptors (Lipinski definition) is 5. The molecule has 2 amide bonds. The number of methoxy groups -OCH3 is 1. The van der Waals surface area contributed by atoms with E-state index < -0.39 is 23.9 Å². The van der Waals surface area contributed by atoms with Crippen LogP contribution in [0.15, 0.2) is 30.3 Å². The van der Waals surface area contributed by atoms with Crippen molar-refractivity contribution in [3.8, 4) is 0 Å². The van der Waals surface area contributed by atoms with Crippen LogP contribution < -0.4 is 0 Å². The van der Waals surface area contributed by atoms with Crippen LogP contribution in [0.4, 0.5) is 4.79 Å². The molecule has 0 saturated carbocycles. The van der Waals surface area contributed by atoms with E-state index in [0.717, 1.165) is 4.90 Å². The van der Waals surface area contributed by atoms with Gasteiger partial charge >= 0.3 is 12.1 Å². The van der Waals surface area contributed by atoms with E-state index in [2.05, 4.69) is 0 Å². The molecular formula is C18H23NO5. The second-order valence-corrected chi connectivity index (χ2v) is 6.91. The molecule has 1 aromatic carbocycles. The van der Waals surface area contributed by atoms with E-state index >= 15 is 0 Å². The Bertz CT molecular complexity index is 620. The highest BCUT2D eigenvalue weighted by molar-refractivity contribution is 5.96. The first-order chi connectivity index (χ1) is 11.3. The van der Waals surface area contributed by atoms with Crippen molar-refractivity contribution in [2.45, 2.75) is 39.2 Å². The number of cyclic esters (lactones) is 1. The van der Waals surface area contributed by atoms with Crippen molar-refractivity contribution in [2.75, 3.05) is 13.7 Å². The standard InChI is InChI=1S/C18H23NO5/c1-18(2,3)14-11-24-17(22)19(14)15(20)10-13(16(21)23-4)12-8-6-5-7-9-12/h5-9,13-14H,10-11H2,1-4H3/t13?,14-/m1/s1. The predicted octanol–water partition coefficient (Wildman–Crippen LogP) is 2.73. The Morgan fingerprint density at radius 3 is 2.46 bits per heavy atom. The summed E-state index contributed by atoms with van der Waals surface area (Å²) in [4.78, 5) is 38.0. The predicted molar refractivity (Wildman–Crippen MR) is 87.3 cm³/mol. The third kappa shape index (κ3) is 3.75. The summed E-state index contributed by atoms with van der Waals surface area (Å²) in [6.45, 7) is 5.99. The zero-order valence-electron chi connectivity index (χ0n) is 14.4. The fourth-order valence-corrected chi connectivity index (χ4v) is 2.77. The first-order valence-corrected chi connectivity index (χ1v) is 7.87. The fourth-order valence-electron chi connectivity index (χ4n) is 2.77. The van der Waals surface area contributed by atoms with Gasteiger partial charge in [-0.05, 0) is 11.0 Å². The Morgan fingerprint density at radius 2 is 1.92 bits per heavy atom. The summed E-state index contributed by atoms with van der Waals surface area (Å²) < 4.78 is 9.88. The zero-order valence-corrected chi connectivity index (χ0v) is 14.4. The molecule has 130 valence electrons. The van der Waals surface area contributed by atoms with Crippen molar-refractivity contribution in [3.63, 3.8) is 0 Å². The highest BCUT2D eigenvalue weighted by Crippen LogP contribution is 2.31. The molecule has 0 spiro atoms. The normalized spacial score (nSPS) is 18.9. The minimum Gasteiger partial charge on any atom is -0.469 e. The lowest BCUT2D eigenvalue weighted by atomic mass is 9.86. The topological polar surface area (TPSA) is 72.9 Å². The van der Waals surface area contributed by atoms with Crippen LogP contribution in [0.5, 0.6) is 0 Å². The number of hydrogen-bond donors (Lipinski definition) is 0. The SMILES string of the molecule is COC(=O)C(CC(=O)N1C(=O)OC[C@@H]1C(C)(C)C)c1ccccc1. The highest BCUT2D eigenvalue weighted by Gasteiger charge is 2.45. The summed E-state index contributed by atoms with van der Waals surface area (Å²) in [6, 6.07) is 8.58. The minimum atomic E-state index is -0.752. The van der Waals surface area contributed by atoms with E-state index in [0.29, 0.717) is 5.56 Å². The monoisotopic (exact) mass is 333 g/mol. The van der Waals surface area contributed by atoms with Gasteiger partial charge in [-0.3, -0.25) is 9.59 Å². The van der Waals surface area contributed by atoms with Gasteiger partial charge in [-0.2, -0.15) is 0 Å². The van der Waals surface area contributed by atoms with Crippen LogP contribution >= 0.6 is 0 Å². The van der Waals surface area contributed by atoms with E-state index in [1.807, 2.05) is 26.8 Å². The maximum atomic E-state index is 12.7. The summed E-state index contributed by atoms with van der Waals surface area (Å²) >= 11 is 0. The molecule has 1 fully saturated rings. The van der Waals surface area contributed by atoms with Gasteiger partial charge in [-0.15, -0.1) is 0 Å². The lowest BCUT2D eigenvalue weighted by Gasteiger charge is -2.31. The first-order valence-electron chi connectivity index (χ1n) is 7.87. The molecule has 6 nitrogen and oxygen atoms in total. The number of nitrogens with zero attached hydrogens (tertiary/aromatic N) is 1. The van der Waals surface area contributed by atoms with Gasteiger partial charge in [0.15, 0.2) is 0 Å². The number of amides is 2. The van der Waals surface area contributed by atoms with Gasteiger partial charge in [0, 0.05) is 6.42 Å². The maximum Gasteiger partial charge on any atom is 0.416 e. The Balaban J connectivity index is 2.24. The number of imide groups is 1. The summed E-state index contributed by atoms with van der Waals surface area (Å²) in [5.41, 5.74) is 0.368. The van der Waals surface area contributed by atoms with Crippen LogP contribution in [0, 0.1) is 5.41 Å². The fraction of sp³-hybridized carbons (Fsp3) is 0.500. The van der Waals surface area contributed by atoms with E-state index in [1.54, 1.807) is 24.3 Å². The summed E-state index contributed by atoms with van der Waals surface area (Å²) in [7, 11) is 1.28. The maximum absolute atomic E-state index is 12.7. The first kappa shape index (κ1) is 18.0. The summed E-state index contributed by atoms with van der Waals surface area (Å²) in [5.74, 6) is -1.69. The molecule has 1 heterocycles. The molecular weight excluding hydrogens is 310 g/mol. The van der Waals surface area contributed by atoms with E-state index in [1.165, 1.54) is 7.11 Å². The molecule has 0 aromatic heterocycles. The summed E-state index contributed by atoms with van der Waals surface area (Å²) in [6.07, 6.45) is -0.796. The molecule has 1 saturated heterocycles.